The van der Waals surface area contributed by atoms with E-state index in [9.17, 15) is 18.0 Å². The number of carbonyl (C=O) groups excluding carboxylic acids is 1. The van der Waals surface area contributed by atoms with Crippen LogP contribution in [0.25, 0.3) is 0 Å². The van der Waals surface area contributed by atoms with Crippen molar-refractivity contribution in [1.29, 1.82) is 0 Å². The van der Waals surface area contributed by atoms with E-state index in [1.807, 2.05) is 10.2 Å². The van der Waals surface area contributed by atoms with Crippen molar-refractivity contribution in [1.82, 2.24) is 10.2 Å². The molecule has 1 saturated heterocycles. The van der Waals surface area contributed by atoms with Crippen LogP contribution in [-0.4, -0.2) is 43.2 Å². The third kappa shape index (κ3) is 2.87. The molecule has 0 aromatic rings. The van der Waals surface area contributed by atoms with Gasteiger partial charge in [-0.15, -0.1) is 0 Å². The molecule has 1 aliphatic heterocycles. The SMILES string of the molecule is CN1CC[C@@H](NC(=O)C(F)(F)F)C1. The molecule has 76 valence electrons. The Balaban J connectivity index is 2.37. The molecule has 1 atom stereocenters. The summed E-state index contributed by atoms with van der Waals surface area (Å²) in [6.45, 7) is 1.21. The van der Waals surface area contributed by atoms with E-state index >= 15 is 0 Å². The number of alkyl halides is 3. The second kappa shape index (κ2) is 3.53. The average molecular weight is 196 g/mol. The summed E-state index contributed by atoms with van der Waals surface area (Å²) in [5.41, 5.74) is 0. The van der Waals surface area contributed by atoms with Crippen LogP contribution in [0.15, 0.2) is 0 Å². The van der Waals surface area contributed by atoms with Crippen LogP contribution >= 0.6 is 0 Å². The first-order valence-corrected chi connectivity index (χ1v) is 3.96. The van der Waals surface area contributed by atoms with Crippen LogP contribution in [0.1, 0.15) is 6.42 Å². The van der Waals surface area contributed by atoms with Crippen molar-refractivity contribution in [3.05, 3.63) is 0 Å². The van der Waals surface area contributed by atoms with E-state index in [1.165, 1.54) is 0 Å². The number of rotatable bonds is 1. The Hall–Kier alpha value is -0.780. The molecule has 1 rings (SSSR count). The van der Waals surface area contributed by atoms with E-state index in [-0.39, 0.29) is 6.04 Å². The van der Waals surface area contributed by atoms with E-state index < -0.39 is 12.1 Å². The topological polar surface area (TPSA) is 32.3 Å². The van der Waals surface area contributed by atoms with Gasteiger partial charge < -0.3 is 10.2 Å². The van der Waals surface area contributed by atoms with Gasteiger partial charge in [0.05, 0.1) is 0 Å². The Morgan fingerprint density at radius 2 is 2.15 bits per heavy atom. The maximum absolute atomic E-state index is 11.8. The smallest absolute Gasteiger partial charge is 0.344 e. The van der Waals surface area contributed by atoms with Crippen molar-refractivity contribution in [2.75, 3.05) is 20.1 Å². The molecule has 0 bridgehead atoms. The van der Waals surface area contributed by atoms with Gasteiger partial charge in [-0.2, -0.15) is 13.2 Å². The quantitative estimate of drug-likeness (QED) is 0.657. The first-order valence-electron chi connectivity index (χ1n) is 3.96. The Morgan fingerprint density at radius 1 is 1.54 bits per heavy atom. The molecule has 6 heteroatoms. The Kier molecular flexibility index (Phi) is 2.80. The summed E-state index contributed by atoms with van der Waals surface area (Å²) in [4.78, 5) is 12.3. The van der Waals surface area contributed by atoms with Gasteiger partial charge in [0.1, 0.15) is 0 Å². The molecule has 0 unspecified atom stereocenters. The Morgan fingerprint density at radius 3 is 2.54 bits per heavy atom. The molecule has 13 heavy (non-hydrogen) atoms. The van der Waals surface area contributed by atoms with E-state index in [4.69, 9.17) is 0 Å². The zero-order valence-corrected chi connectivity index (χ0v) is 7.19. The molecule has 0 radical (unpaired) electrons. The molecule has 0 aromatic carbocycles. The van der Waals surface area contributed by atoms with Crippen LogP contribution in [0.2, 0.25) is 0 Å². The summed E-state index contributed by atoms with van der Waals surface area (Å²) >= 11 is 0. The first-order chi connectivity index (χ1) is 5.89. The minimum absolute atomic E-state index is 0.362. The van der Waals surface area contributed by atoms with Crippen LogP contribution in [0.5, 0.6) is 0 Å². The summed E-state index contributed by atoms with van der Waals surface area (Å²) in [6.07, 6.45) is -4.18. The third-order valence-electron chi connectivity index (χ3n) is 1.98. The van der Waals surface area contributed by atoms with Crippen molar-refractivity contribution >= 4 is 5.91 Å². The van der Waals surface area contributed by atoms with Gasteiger partial charge in [-0.25, -0.2) is 0 Å². The molecule has 1 heterocycles. The highest BCUT2D eigenvalue weighted by atomic mass is 19.4. The summed E-state index contributed by atoms with van der Waals surface area (Å²) in [7, 11) is 1.81. The van der Waals surface area contributed by atoms with Crippen LogP contribution in [0.4, 0.5) is 13.2 Å². The first kappa shape index (κ1) is 10.3. The van der Waals surface area contributed by atoms with Gasteiger partial charge in [0.2, 0.25) is 0 Å². The lowest BCUT2D eigenvalue weighted by Gasteiger charge is -2.13. The van der Waals surface area contributed by atoms with E-state index in [0.29, 0.717) is 13.0 Å². The molecule has 1 amide bonds. The van der Waals surface area contributed by atoms with Crippen LogP contribution in [0, 0.1) is 0 Å². The van der Waals surface area contributed by atoms with Crippen LogP contribution < -0.4 is 5.32 Å². The number of likely N-dealkylation sites (N-methyl/N-ethyl adjacent to an activating group) is 1. The highest BCUT2D eigenvalue weighted by molar-refractivity contribution is 5.81. The molecule has 0 aliphatic carbocycles. The van der Waals surface area contributed by atoms with E-state index in [2.05, 4.69) is 0 Å². The number of carbonyl (C=O) groups is 1. The van der Waals surface area contributed by atoms with Gasteiger partial charge >= 0.3 is 12.1 Å². The summed E-state index contributed by atoms with van der Waals surface area (Å²) in [5.74, 6) is -1.84. The molecule has 0 spiro atoms. The normalized spacial score (nSPS) is 24.8. The number of nitrogens with one attached hydrogen (secondary N) is 1. The average Bonchev–Trinajstić information content (AvgIpc) is 2.33. The summed E-state index contributed by atoms with van der Waals surface area (Å²) < 4.78 is 35.3. The second-order valence-electron chi connectivity index (χ2n) is 3.22. The molecule has 3 nitrogen and oxygen atoms in total. The predicted octanol–water partition coefficient (Wildman–Crippen LogP) is 0.369. The predicted molar refractivity (Wildman–Crippen MR) is 40.1 cm³/mol. The number of hydrogen-bond donors (Lipinski definition) is 1. The largest absolute Gasteiger partial charge is 0.471 e. The van der Waals surface area contributed by atoms with Crippen molar-refractivity contribution in [3.63, 3.8) is 0 Å². The molecular formula is C7H11F3N2O. The molecule has 1 N–H and O–H groups in total. The lowest BCUT2D eigenvalue weighted by Crippen LogP contribution is -2.44. The standard InChI is InChI=1S/C7H11F3N2O/c1-12-3-2-5(4-12)11-6(13)7(8,9)10/h5H,2-4H2,1H3,(H,11,13)/t5-/m1/s1. The fourth-order valence-corrected chi connectivity index (χ4v) is 1.32. The van der Waals surface area contributed by atoms with E-state index in [0.717, 1.165) is 6.54 Å². The number of halogens is 3. The minimum atomic E-state index is -4.76. The van der Waals surface area contributed by atoms with Crippen molar-refractivity contribution in [3.8, 4) is 0 Å². The highest BCUT2D eigenvalue weighted by Crippen LogP contribution is 2.16. The Labute approximate surface area is 73.9 Å². The fourth-order valence-electron chi connectivity index (χ4n) is 1.32. The Bertz CT molecular complexity index is 204. The summed E-state index contributed by atoms with van der Waals surface area (Å²) in [6, 6.07) is -0.362. The number of likely N-dealkylation sites (tertiary alicyclic amines) is 1. The second-order valence-corrected chi connectivity index (χ2v) is 3.22. The number of nitrogens with zero attached hydrogens (tertiary/aromatic N) is 1. The monoisotopic (exact) mass is 196 g/mol. The van der Waals surface area contributed by atoms with Crippen molar-refractivity contribution in [2.24, 2.45) is 0 Å². The molecule has 1 aliphatic rings. The zero-order valence-electron chi connectivity index (χ0n) is 7.19. The van der Waals surface area contributed by atoms with Gasteiger partial charge in [0.25, 0.3) is 0 Å². The van der Waals surface area contributed by atoms with Crippen LogP contribution in [-0.2, 0) is 4.79 Å². The van der Waals surface area contributed by atoms with Gasteiger partial charge in [-0.1, -0.05) is 0 Å². The maximum atomic E-state index is 11.8. The van der Waals surface area contributed by atoms with E-state index in [1.54, 1.807) is 7.05 Å². The zero-order chi connectivity index (χ0) is 10.1. The third-order valence-corrected chi connectivity index (χ3v) is 1.98. The summed E-state index contributed by atoms with van der Waals surface area (Å²) in [5, 5.41) is 1.94. The van der Waals surface area contributed by atoms with Crippen molar-refractivity contribution < 1.29 is 18.0 Å². The van der Waals surface area contributed by atoms with Crippen LogP contribution in [0.3, 0.4) is 0 Å². The lowest BCUT2D eigenvalue weighted by molar-refractivity contribution is -0.174. The number of amides is 1. The molecule has 0 saturated carbocycles. The number of hydrogen-bond acceptors (Lipinski definition) is 2. The van der Waals surface area contributed by atoms with Gasteiger partial charge in [-0.3, -0.25) is 4.79 Å². The molecule has 0 aromatic heterocycles. The van der Waals surface area contributed by atoms with Gasteiger partial charge in [-0.05, 0) is 20.0 Å². The lowest BCUT2D eigenvalue weighted by atomic mass is 10.2. The van der Waals surface area contributed by atoms with Crippen molar-refractivity contribution in [2.45, 2.75) is 18.6 Å². The molecular weight excluding hydrogens is 185 g/mol. The fraction of sp³-hybridized carbons (Fsp3) is 0.857. The maximum Gasteiger partial charge on any atom is 0.471 e. The van der Waals surface area contributed by atoms with Gasteiger partial charge in [0.15, 0.2) is 0 Å². The molecule has 1 fully saturated rings. The van der Waals surface area contributed by atoms with Gasteiger partial charge in [0, 0.05) is 12.6 Å². The minimum Gasteiger partial charge on any atom is -0.344 e. The highest BCUT2D eigenvalue weighted by Gasteiger charge is 2.40.